The van der Waals surface area contributed by atoms with E-state index < -0.39 is 0 Å². The van der Waals surface area contributed by atoms with Gasteiger partial charge in [-0.05, 0) is 0 Å². The average molecular weight is 101 g/mol. The van der Waals surface area contributed by atoms with E-state index in [0.29, 0.717) is 0 Å². The summed E-state index contributed by atoms with van der Waals surface area (Å²) in [5.74, 6) is 0.833. The van der Waals surface area contributed by atoms with Crippen LogP contribution in [0.2, 0.25) is 18.5 Å². The molecule has 1 atom stereocenters. The number of hydrogen-bond donors (Lipinski definition) is 0. The predicted molar refractivity (Wildman–Crippen MR) is 39.0 cm³/mol. The van der Waals surface area contributed by atoms with Gasteiger partial charge in [0.15, 0.2) is 0 Å². The molecule has 8 heavy (non-hydrogen) atoms. The zero-order valence-corrected chi connectivity index (χ0v) is 4.80. The van der Waals surface area contributed by atoms with Gasteiger partial charge in [0.05, 0.1) is 0 Å². The number of allylic oxidation sites excluding steroid dienone is 2. The van der Waals surface area contributed by atoms with Gasteiger partial charge in [0.25, 0.3) is 0 Å². The van der Waals surface area contributed by atoms with Crippen LogP contribution in [-0.2, 0) is 0 Å². The van der Waals surface area contributed by atoms with Gasteiger partial charge in [-0.15, -0.1) is 0 Å². The van der Waals surface area contributed by atoms with Gasteiger partial charge in [-0.2, -0.15) is 0 Å². The van der Waals surface area contributed by atoms with Crippen molar-refractivity contribution >= 4 is 19.7 Å². The van der Waals surface area contributed by atoms with Crippen LogP contribution in [-0.4, -0.2) is 19.7 Å². The van der Waals surface area contributed by atoms with Crippen LogP contribution in [0.1, 0.15) is 0 Å². The van der Waals surface area contributed by atoms with Crippen molar-refractivity contribution in [3.63, 3.8) is 0 Å². The van der Waals surface area contributed by atoms with Crippen molar-refractivity contribution in [1.29, 1.82) is 0 Å². The van der Waals surface area contributed by atoms with Crippen LogP contribution in [0.3, 0.4) is 0 Å². The first-order valence-electron chi connectivity index (χ1n) is 3.17. The molecule has 2 aliphatic heterocycles. The molecule has 0 amide bonds. The first-order valence-corrected chi connectivity index (χ1v) is 3.17. The van der Waals surface area contributed by atoms with E-state index in [1.165, 1.54) is 18.1 Å². The summed E-state index contributed by atoms with van der Waals surface area (Å²) in [6.45, 7) is 2.30. The topological polar surface area (TPSA) is 0 Å². The van der Waals surface area contributed by atoms with Gasteiger partial charge in [0.2, 0.25) is 0 Å². The molecule has 2 rings (SSSR count). The van der Waals surface area contributed by atoms with Crippen LogP contribution in [0.4, 0.5) is 0 Å². The Morgan fingerprint density at radius 3 is 3.00 bits per heavy atom. The van der Waals surface area contributed by atoms with E-state index in [0.717, 1.165) is 5.82 Å². The van der Waals surface area contributed by atoms with Gasteiger partial charge < -0.3 is 0 Å². The Hall–Kier alpha value is -0.260. The maximum atomic E-state index is 2.38. The van der Waals surface area contributed by atoms with E-state index in [4.69, 9.17) is 0 Å². The maximum absolute atomic E-state index is 2.38. The number of fused-ring (bicyclic) bond motifs is 1. The molecule has 0 N–H and O–H groups in total. The van der Waals surface area contributed by atoms with Crippen molar-refractivity contribution in [3.05, 3.63) is 12.2 Å². The molecule has 2 heterocycles. The van der Waals surface area contributed by atoms with Crippen molar-refractivity contribution in [3.8, 4) is 0 Å². The Morgan fingerprint density at radius 1 is 1.62 bits per heavy atom. The molecular formula is C6H7B2. The van der Waals surface area contributed by atoms with E-state index in [9.17, 15) is 0 Å². The Balaban J connectivity index is 2.26. The van der Waals surface area contributed by atoms with Gasteiger partial charge >= 0.3 is 50.3 Å². The Kier molecular flexibility index (Phi) is 0.927. The molecule has 0 bridgehead atoms. The van der Waals surface area contributed by atoms with Crippen LogP contribution in [0.25, 0.3) is 0 Å². The molecular weight excluding hydrogens is 93.7 g/mol. The summed E-state index contributed by atoms with van der Waals surface area (Å²) in [7, 11) is 2.38. The molecule has 1 unspecified atom stereocenters. The van der Waals surface area contributed by atoms with Crippen molar-refractivity contribution in [2.24, 2.45) is 0 Å². The molecule has 0 nitrogen and oxygen atoms in total. The van der Waals surface area contributed by atoms with Crippen LogP contribution >= 0.6 is 0 Å². The van der Waals surface area contributed by atoms with E-state index >= 15 is 0 Å². The zero-order chi connectivity index (χ0) is 5.40. The molecule has 0 fully saturated rings. The molecule has 2 aliphatic rings. The Bertz CT molecular complexity index is 158. The minimum absolute atomic E-state index is 0.833. The summed E-state index contributed by atoms with van der Waals surface area (Å²) < 4.78 is 0. The molecule has 0 aromatic carbocycles. The van der Waals surface area contributed by atoms with Gasteiger partial charge in [0.1, 0.15) is 0 Å². The molecule has 0 aromatic heterocycles. The first kappa shape index (κ1) is 4.60. The normalized spacial score (nSPS) is 31.0. The summed E-state index contributed by atoms with van der Waals surface area (Å²) in [4.78, 5) is 0. The fraction of sp³-hybridized carbons (Fsp3) is 0.500. The third-order valence-electron chi connectivity index (χ3n) is 1.90. The second kappa shape index (κ2) is 1.61. The molecule has 0 spiro atoms. The van der Waals surface area contributed by atoms with Crippen molar-refractivity contribution < 1.29 is 0 Å². The van der Waals surface area contributed by atoms with Crippen LogP contribution in [0, 0.1) is 0 Å². The quantitative estimate of drug-likeness (QED) is 0.395. The van der Waals surface area contributed by atoms with Gasteiger partial charge in [-0.1, -0.05) is 0 Å². The summed E-state index contributed by atoms with van der Waals surface area (Å²) in [6.07, 6.45) is 6.94. The summed E-state index contributed by atoms with van der Waals surface area (Å²) in [5.41, 5.74) is 1.54. The van der Waals surface area contributed by atoms with E-state index in [1.807, 2.05) is 0 Å². The molecule has 1 radical (unpaired) electrons. The van der Waals surface area contributed by atoms with Crippen LogP contribution in [0.5, 0.6) is 0 Å². The van der Waals surface area contributed by atoms with Crippen molar-refractivity contribution in [2.75, 3.05) is 0 Å². The summed E-state index contributed by atoms with van der Waals surface area (Å²) in [5, 5.41) is 0. The van der Waals surface area contributed by atoms with E-state index in [1.54, 1.807) is 0 Å². The molecule has 2 heteroatoms. The number of hydrogen-bond acceptors (Lipinski definition) is 0. The summed E-state index contributed by atoms with van der Waals surface area (Å²) >= 11 is 0. The number of rotatable bonds is 0. The fourth-order valence-corrected chi connectivity index (χ4v) is 1.26. The first-order chi connectivity index (χ1) is 3.97. The third-order valence-corrected chi connectivity index (χ3v) is 1.90. The van der Waals surface area contributed by atoms with Crippen molar-refractivity contribution in [1.82, 2.24) is 0 Å². The molecule has 0 saturated heterocycles. The monoisotopic (exact) mass is 101 g/mol. The summed E-state index contributed by atoms with van der Waals surface area (Å²) in [6, 6.07) is 0. The van der Waals surface area contributed by atoms with Crippen LogP contribution in [0.15, 0.2) is 12.2 Å². The molecule has 37 valence electrons. The standard InChI is InChI=1S/C6H7B2/c1-2-5-6(4-8-5)7-3-1/h1-2,6H,3-4H2. The molecule has 0 aliphatic carbocycles. The van der Waals surface area contributed by atoms with Gasteiger partial charge in [0, 0.05) is 0 Å². The molecule has 0 saturated carbocycles. The predicted octanol–water partition coefficient (Wildman–Crippen LogP) is 0.776. The fourth-order valence-electron chi connectivity index (χ4n) is 1.26. The Morgan fingerprint density at radius 2 is 2.62 bits per heavy atom. The van der Waals surface area contributed by atoms with Gasteiger partial charge in [-0.3, -0.25) is 0 Å². The average Bonchev–Trinajstić information content (AvgIpc) is 1.72. The SMILES string of the molecule is [B]1CC=CC2=BCC12. The Labute approximate surface area is 51.1 Å². The van der Waals surface area contributed by atoms with Crippen molar-refractivity contribution in [2.45, 2.75) is 18.5 Å². The molecule has 0 aromatic rings. The zero-order valence-electron chi connectivity index (χ0n) is 4.80. The minimum atomic E-state index is 0.833. The van der Waals surface area contributed by atoms with E-state index in [-0.39, 0.29) is 0 Å². The van der Waals surface area contributed by atoms with E-state index in [2.05, 4.69) is 26.4 Å². The van der Waals surface area contributed by atoms with Gasteiger partial charge in [-0.25, -0.2) is 0 Å². The second-order valence-electron chi connectivity index (χ2n) is 2.42. The third kappa shape index (κ3) is 0.521. The second-order valence-corrected chi connectivity index (χ2v) is 2.42. The van der Waals surface area contributed by atoms with Crippen LogP contribution < -0.4 is 0 Å².